The number of carbonyl (C=O) groups excluding carboxylic acids is 1. The van der Waals surface area contributed by atoms with Crippen LogP contribution >= 0.6 is 0 Å². The topological polar surface area (TPSA) is 44.4 Å². The van der Waals surface area contributed by atoms with Crippen LogP contribution < -0.4 is 10.6 Å². The highest BCUT2D eigenvalue weighted by molar-refractivity contribution is 5.82. The number of rotatable bonds is 5. The van der Waals surface area contributed by atoms with Gasteiger partial charge in [-0.25, -0.2) is 0 Å². The number of amides is 1. The largest absolute Gasteiger partial charge is 0.353 e. The molecule has 1 rings (SSSR count). The lowest BCUT2D eigenvalue weighted by molar-refractivity contribution is -0.125. The number of likely N-dealkylation sites (N-methyl/N-ethyl adjacent to an activating group) is 1. The van der Waals surface area contributed by atoms with E-state index < -0.39 is 0 Å². The normalized spacial score (nSPS) is 26.4. The van der Waals surface area contributed by atoms with E-state index in [1.807, 2.05) is 0 Å². The van der Waals surface area contributed by atoms with Crippen LogP contribution in [0.5, 0.6) is 0 Å². The van der Waals surface area contributed by atoms with E-state index in [0.717, 1.165) is 19.5 Å². The molecule has 0 aromatic rings. The lowest BCUT2D eigenvalue weighted by Crippen LogP contribution is -2.53. The Hall–Kier alpha value is -0.610. The second-order valence-corrected chi connectivity index (χ2v) is 6.07. The minimum absolute atomic E-state index is 0.00581. The zero-order valence-electron chi connectivity index (χ0n) is 12.5. The predicted octanol–water partition coefficient (Wildman–Crippen LogP) is 1.08. The summed E-state index contributed by atoms with van der Waals surface area (Å²) in [6, 6.07) is 0.390. The van der Waals surface area contributed by atoms with Crippen molar-refractivity contribution in [1.82, 2.24) is 15.5 Å². The first kappa shape index (κ1) is 15.4. The maximum atomic E-state index is 12.2. The van der Waals surface area contributed by atoms with Crippen LogP contribution in [0.1, 0.15) is 33.6 Å². The second kappa shape index (κ2) is 7.10. The van der Waals surface area contributed by atoms with Gasteiger partial charge in [-0.15, -0.1) is 0 Å². The van der Waals surface area contributed by atoms with Crippen molar-refractivity contribution >= 4 is 5.91 Å². The Morgan fingerprint density at radius 3 is 2.61 bits per heavy atom. The third-order valence-electron chi connectivity index (χ3n) is 3.97. The van der Waals surface area contributed by atoms with Gasteiger partial charge in [0.25, 0.3) is 0 Å². The molecule has 1 amide bonds. The molecule has 1 aliphatic heterocycles. The Balaban J connectivity index is 2.44. The van der Waals surface area contributed by atoms with Gasteiger partial charge in [0.1, 0.15) is 0 Å². The molecule has 0 saturated carbocycles. The molecule has 18 heavy (non-hydrogen) atoms. The van der Waals surface area contributed by atoms with Crippen molar-refractivity contribution < 1.29 is 4.79 Å². The standard InChI is InChI=1S/C14H29N3O/c1-10(2)12(17(4)5)9-16-14(18)13-11(3)7-6-8-15-13/h10-13,15H,6-9H2,1-5H3,(H,16,18). The Morgan fingerprint density at radius 1 is 1.44 bits per heavy atom. The zero-order chi connectivity index (χ0) is 13.7. The molecule has 2 N–H and O–H groups in total. The summed E-state index contributed by atoms with van der Waals surface area (Å²) in [5.41, 5.74) is 0. The fourth-order valence-corrected chi connectivity index (χ4v) is 2.73. The Labute approximate surface area is 111 Å². The highest BCUT2D eigenvalue weighted by atomic mass is 16.2. The van der Waals surface area contributed by atoms with E-state index in [0.29, 0.717) is 17.9 Å². The van der Waals surface area contributed by atoms with E-state index in [1.54, 1.807) is 0 Å². The van der Waals surface area contributed by atoms with Crippen LogP contribution in [0.3, 0.4) is 0 Å². The molecule has 0 bridgehead atoms. The number of piperidine rings is 1. The smallest absolute Gasteiger partial charge is 0.237 e. The van der Waals surface area contributed by atoms with Crippen LogP contribution in [0.2, 0.25) is 0 Å². The molecule has 0 radical (unpaired) electrons. The highest BCUT2D eigenvalue weighted by Crippen LogP contribution is 2.15. The van der Waals surface area contributed by atoms with Gasteiger partial charge in [0.15, 0.2) is 0 Å². The summed E-state index contributed by atoms with van der Waals surface area (Å²) in [7, 11) is 4.14. The van der Waals surface area contributed by atoms with Gasteiger partial charge in [-0.1, -0.05) is 20.8 Å². The molecule has 106 valence electrons. The van der Waals surface area contributed by atoms with E-state index in [9.17, 15) is 4.79 Å². The Morgan fingerprint density at radius 2 is 2.11 bits per heavy atom. The third-order valence-corrected chi connectivity index (χ3v) is 3.97. The van der Waals surface area contributed by atoms with Crippen molar-refractivity contribution in [3.05, 3.63) is 0 Å². The molecule has 1 aliphatic rings. The van der Waals surface area contributed by atoms with Gasteiger partial charge in [0, 0.05) is 12.6 Å². The monoisotopic (exact) mass is 255 g/mol. The number of hydrogen-bond donors (Lipinski definition) is 2. The van der Waals surface area contributed by atoms with Crippen molar-refractivity contribution in [2.75, 3.05) is 27.2 Å². The van der Waals surface area contributed by atoms with Crippen LogP contribution in [-0.2, 0) is 4.79 Å². The van der Waals surface area contributed by atoms with Gasteiger partial charge in [-0.2, -0.15) is 0 Å². The maximum Gasteiger partial charge on any atom is 0.237 e. The van der Waals surface area contributed by atoms with E-state index in [2.05, 4.69) is 50.4 Å². The van der Waals surface area contributed by atoms with Crippen molar-refractivity contribution in [3.63, 3.8) is 0 Å². The van der Waals surface area contributed by atoms with Gasteiger partial charge < -0.3 is 15.5 Å². The fourth-order valence-electron chi connectivity index (χ4n) is 2.73. The molecule has 0 spiro atoms. The Bertz CT molecular complexity index is 258. The van der Waals surface area contributed by atoms with Gasteiger partial charge in [0.05, 0.1) is 6.04 Å². The van der Waals surface area contributed by atoms with Gasteiger partial charge in [0.2, 0.25) is 5.91 Å². The first-order valence-electron chi connectivity index (χ1n) is 7.11. The van der Waals surface area contributed by atoms with E-state index >= 15 is 0 Å². The second-order valence-electron chi connectivity index (χ2n) is 6.07. The first-order valence-corrected chi connectivity index (χ1v) is 7.11. The molecular weight excluding hydrogens is 226 g/mol. The quantitative estimate of drug-likeness (QED) is 0.772. The summed E-state index contributed by atoms with van der Waals surface area (Å²) >= 11 is 0. The molecule has 3 unspecified atom stereocenters. The average molecular weight is 255 g/mol. The van der Waals surface area contributed by atoms with E-state index in [1.165, 1.54) is 6.42 Å². The van der Waals surface area contributed by atoms with Crippen LogP contribution in [0.15, 0.2) is 0 Å². The summed E-state index contributed by atoms with van der Waals surface area (Å²) in [6.07, 6.45) is 2.32. The van der Waals surface area contributed by atoms with Gasteiger partial charge >= 0.3 is 0 Å². The van der Waals surface area contributed by atoms with Crippen molar-refractivity contribution in [1.29, 1.82) is 0 Å². The molecule has 4 nitrogen and oxygen atoms in total. The van der Waals surface area contributed by atoms with Gasteiger partial charge in [-0.05, 0) is 45.3 Å². The number of nitrogens with one attached hydrogen (secondary N) is 2. The summed E-state index contributed by atoms with van der Waals surface area (Å²) in [6.45, 7) is 8.23. The predicted molar refractivity (Wildman–Crippen MR) is 75.5 cm³/mol. The van der Waals surface area contributed by atoms with Crippen molar-refractivity contribution in [3.8, 4) is 0 Å². The molecular formula is C14H29N3O. The molecule has 0 aromatic heterocycles. The highest BCUT2D eigenvalue weighted by Gasteiger charge is 2.28. The van der Waals surface area contributed by atoms with Crippen LogP contribution in [0.25, 0.3) is 0 Å². The summed E-state index contributed by atoms with van der Waals surface area (Å²) in [4.78, 5) is 14.3. The van der Waals surface area contributed by atoms with E-state index in [4.69, 9.17) is 0 Å². The molecule has 1 heterocycles. The van der Waals surface area contributed by atoms with Crippen LogP contribution in [0.4, 0.5) is 0 Å². The molecule has 1 saturated heterocycles. The number of carbonyl (C=O) groups is 1. The average Bonchev–Trinajstić information content (AvgIpc) is 2.28. The summed E-state index contributed by atoms with van der Waals surface area (Å²) < 4.78 is 0. The SMILES string of the molecule is CC(C)C(CNC(=O)C1NCCCC1C)N(C)C. The molecule has 4 heteroatoms. The summed E-state index contributed by atoms with van der Waals surface area (Å²) in [5, 5.41) is 6.43. The van der Waals surface area contributed by atoms with Gasteiger partial charge in [-0.3, -0.25) is 4.79 Å². The molecule has 1 fully saturated rings. The lowest BCUT2D eigenvalue weighted by atomic mass is 9.92. The number of hydrogen-bond acceptors (Lipinski definition) is 3. The molecule has 3 atom stereocenters. The van der Waals surface area contributed by atoms with E-state index in [-0.39, 0.29) is 11.9 Å². The fraction of sp³-hybridized carbons (Fsp3) is 0.929. The zero-order valence-corrected chi connectivity index (χ0v) is 12.5. The lowest BCUT2D eigenvalue weighted by Gasteiger charge is -2.32. The van der Waals surface area contributed by atoms with Crippen LogP contribution in [0, 0.1) is 11.8 Å². The maximum absolute atomic E-state index is 12.2. The molecule has 0 aliphatic carbocycles. The minimum Gasteiger partial charge on any atom is -0.353 e. The van der Waals surface area contributed by atoms with Crippen molar-refractivity contribution in [2.45, 2.75) is 45.7 Å². The first-order chi connectivity index (χ1) is 8.43. The Kier molecular flexibility index (Phi) is 6.09. The third kappa shape index (κ3) is 4.25. The summed E-state index contributed by atoms with van der Waals surface area (Å²) in [5.74, 6) is 1.14. The number of nitrogens with zero attached hydrogens (tertiary/aromatic N) is 1. The van der Waals surface area contributed by atoms with Crippen molar-refractivity contribution in [2.24, 2.45) is 11.8 Å². The van der Waals surface area contributed by atoms with Crippen LogP contribution in [-0.4, -0.2) is 50.1 Å². The molecule has 0 aromatic carbocycles. The minimum atomic E-state index is -0.00581.